The van der Waals surface area contributed by atoms with E-state index in [1.807, 2.05) is 12.2 Å². The van der Waals surface area contributed by atoms with E-state index in [1.165, 1.54) is 0 Å². The fourth-order valence-electron chi connectivity index (χ4n) is 4.83. The largest absolute Gasteiger partial charge is 0.458 e. The van der Waals surface area contributed by atoms with Gasteiger partial charge in [-0.15, -0.1) is 0 Å². The number of ether oxygens (including phenoxy) is 1. The summed E-state index contributed by atoms with van der Waals surface area (Å²) in [7, 11) is 0. The lowest BCUT2D eigenvalue weighted by Crippen LogP contribution is -2.59. The fraction of sp³-hybridized carbons (Fsp3) is 0.632. The second-order valence-electron chi connectivity index (χ2n) is 7.63. The van der Waals surface area contributed by atoms with Gasteiger partial charge in [-0.25, -0.2) is 4.79 Å². The zero-order valence-electron chi connectivity index (χ0n) is 13.9. The number of rotatable bonds is 2. The molecular weight excluding hydrogens is 292 g/mol. The number of hydrogen-bond acceptors (Lipinski definition) is 4. The van der Waals surface area contributed by atoms with E-state index in [-0.39, 0.29) is 23.2 Å². The minimum absolute atomic E-state index is 0.0170. The van der Waals surface area contributed by atoms with Gasteiger partial charge in [-0.2, -0.15) is 0 Å². The molecule has 5 atom stereocenters. The van der Waals surface area contributed by atoms with E-state index in [0.29, 0.717) is 18.6 Å². The predicted molar refractivity (Wildman–Crippen MR) is 87.5 cm³/mol. The minimum atomic E-state index is -1.08. The zero-order chi connectivity index (χ0) is 16.8. The van der Waals surface area contributed by atoms with Gasteiger partial charge in [0.15, 0.2) is 0 Å². The van der Waals surface area contributed by atoms with Crippen LogP contribution in [0.3, 0.4) is 0 Å². The summed E-state index contributed by atoms with van der Waals surface area (Å²) in [5.74, 6) is -0.173. The van der Waals surface area contributed by atoms with Crippen molar-refractivity contribution in [2.24, 2.45) is 17.3 Å². The molecule has 2 fully saturated rings. The first kappa shape index (κ1) is 16.5. The van der Waals surface area contributed by atoms with Crippen molar-refractivity contribution in [3.63, 3.8) is 0 Å². The van der Waals surface area contributed by atoms with Crippen LogP contribution in [-0.2, 0) is 9.53 Å². The third-order valence-corrected chi connectivity index (χ3v) is 6.26. The molecule has 2 aliphatic carbocycles. The number of aliphatic hydroxyl groups excluding tert-OH is 1. The molecule has 0 spiro atoms. The van der Waals surface area contributed by atoms with E-state index in [2.05, 4.69) is 13.5 Å². The fourth-order valence-corrected chi connectivity index (χ4v) is 4.83. The third-order valence-electron chi connectivity index (χ3n) is 6.26. The van der Waals surface area contributed by atoms with Gasteiger partial charge in [0.05, 0.1) is 17.3 Å². The Kier molecular flexibility index (Phi) is 4.01. The molecule has 0 bridgehead atoms. The number of aliphatic hydroxyl groups is 2. The van der Waals surface area contributed by atoms with Crippen molar-refractivity contribution in [1.82, 2.24) is 0 Å². The van der Waals surface area contributed by atoms with E-state index in [0.717, 1.165) is 24.8 Å². The molecule has 4 heteroatoms. The Bertz CT molecular complexity index is 586. The number of carbonyl (C=O) groups excluding carboxylic acids is 1. The SMILES string of the molecule is C=C1CCC2C(C)(O)[C@H](O)CC[C@@]2(C)[C@@H]1/C=C/C1=CCOC1=O. The van der Waals surface area contributed by atoms with Crippen molar-refractivity contribution in [1.29, 1.82) is 0 Å². The maximum absolute atomic E-state index is 11.6. The Labute approximate surface area is 137 Å². The van der Waals surface area contributed by atoms with E-state index < -0.39 is 11.7 Å². The Morgan fingerprint density at radius 3 is 2.78 bits per heavy atom. The number of carbonyl (C=O) groups is 1. The first-order chi connectivity index (χ1) is 10.8. The molecule has 23 heavy (non-hydrogen) atoms. The van der Waals surface area contributed by atoms with Gasteiger partial charge in [0.25, 0.3) is 0 Å². The summed E-state index contributed by atoms with van der Waals surface area (Å²) < 4.78 is 4.93. The van der Waals surface area contributed by atoms with Gasteiger partial charge in [-0.3, -0.25) is 0 Å². The third kappa shape index (κ3) is 2.58. The Morgan fingerprint density at radius 2 is 2.13 bits per heavy atom. The highest BCUT2D eigenvalue weighted by Gasteiger charge is 2.56. The molecule has 2 saturated carbocycles. The monoisotopic (exact) mass is 318 g/mol. The number of hydrogen-bond donors (Lipinski definition) is 2. The maximum Gasteiger partial charge on any atom is 0.338 e. The number of esters is 1. The second-order valence-corrected chi connectivity index (χ2v) is 7.63. The van der Waals surface area contributed by atoms with Crippen molar-refractivity contribution in [2.45, 2.75) is 51.2 Å². The quantitative estimate of drug-likeness (QED) is 0.606. The summed E-state index contributed by atoms with van der Waals surface area (Å²) >= 11 is 0. The van der Waals surface area contributed by atoms with Crippen LogP contribution in [-0.4, -0.2) is 34.5 Å². The average Bonchev–Trinajstić information content (AvgIpc) is 2.88. The van der Waals surface area contributed by atoms with Crippen molar-refractivity contribution in [3.05, 3.63) is 36.0 Å². The molecule has 3 aliphatic rings. The Morgan fingerprint density at radius 1 is 1.39 bits per heavy atom. The van der Waals surface area contributed by atoms with Crippen LogP contribution in [0.5, 0.6) is 0 Å². The zero-order valence-corrected chi connectivity index (χ0v) is 13.9. The van der Waals surface area contributed by atoms with Gasteiger partial charge in [0.1, 0.15) is 6.61 Å². The summed E-state index contributed by atoms with van der Waals surface area (Å²) in [5, 5.41) is 21.1. The molecule has 1 aliphatic heterocycles. The first-order valence-corrected chi connectivity index (χ1v) is 8.40. The lowest BCUT2D eigenvalue weighted by molar-refractivity contribution is -0.181. The summed E-state index contributed by atoms with van der Waals surface area (Å²) in [4.78, 5) is 11.6. The van der Waals surface area contributed by atoms with Crippen LogP contribution in [0.15, 0.2) is 36.0 Å². The molecule has 0 aromatic carbocycles. The highest BCUT2D eigenvalue weighted by molar-refractivity contribution is 5.93. The van der Waals surface area contributed by atoms with Crippen LogP contribution in [0.4, 0.5) is 0 Å². The van der Waals surface area contributed by atoms with E-state index in [4.69, 9.17) is 4.74 Å². The van der Waals surface area contributed by atoms with Gasteiger partial charge >= 0.3 is 5.97 Å². The van der Waals surface area contributed by atoms with Crippen molar-refractivity contribution >= 4 is 5.97 Å². The van der Waals surface area contributed by atoms with Gasteiger partial charge in [-0.1, -0.05) is 31.2 Å². The summed E-state index contributed by atoms with van der Waals surface area (Å²) in [6, 6.07) is 0. The van der Waals surface area contributed by atoms with Crippen molar-refractivity contribution in [3.8, 4) is 0 Å². The minimum Gasteiger partial charge on any atom is -0.458 e. The topological polar surface area (TPSA) is 66.8 Å². The maximum atomic E-state index is 11.6. The lowest BCUT2D eigenvalue weighted by Gasteiger charge is -2.57. The number of cyclic esters (lactones) is 1. The number of fused-ring (bicyclic) bond motifs is 1. The van der Waals surface area contributed by atoms with Crippen LogP contribution in [0.1, 0.15) is 39.5 Å². The highest BCUT2D eigenvalue weighted by Crippen LogP contribution is 2.58. The molecule has 126 valence electrons. The highest BCUT2D eigenvalue weighted by atomic mass is 16.5. The van der Waals surface area contributed by atoms with Crippen molar-refractivity contribution in [2.75, 3.05) is 6.61 Å². The molecule has 0 aromatic heterocycles. The Hall–Kier alpha value is -1.39. The summed E-state index contributed by atoms with van der Waals surface area (Å²) in [6.45, 7) is 8.50. The van der Waals surface area contributed by atoms with Crippen LogP contribution in [0, 0.1) is 17.3 Å². The molecule has 0 amide bonds. The lowest BCUT2D eigenvalue weighted by atomic mass is 9.49. The smallest absolute Gasteiger partial charge is 0.338 e. The van der Waals surface area contributed by atoms with Crippen LogP contribution in [0.25, 0.3) is 0 Å². The molecular formula is C19H26O4. The van der Waals surface area contributed by atoms with E-state index in [1.54, 1.807) is 13.0 Å². The van der Waals surface area contributed by atoms with Gasteiger partial charge in [-0.05, 0) is 50.0 Å². The van der Waals surface area contributed by atoms with Gasteiger partial charge < -0.3 is 14.9 Å². The molecule has 1 heterocycles. The van der Waals surface area contributed by atoms with E-state index in [9.17, 15) is 15.0 Å². The predicted octanol–water partition coefficient (Wildman–Crippen LogP) is 2.52. The Balaban J connectivity index is 1.91. The van der Waals surface area contributed by atoms with Crippen LogP contribution >= 0.6 is 0 Å². The summed E-state index contributed by atoms with van der Waals surface area (Å²) in [6.07, 6.45) is 8.08. The normalized spacial score (nSPS) is 44.2. The molecule has 0 aromatic rings. The standard InChI is InChI=1S/C19H26O4/c1-12-4-7-15-18(2,10-8-16(20)19(15,3)22)14(12)6-5-13-9-11-23-17(13)21/h5-6,9,14-16,20,22H,1,4,7-8,10-11H2,2-3H3/b6-5+/t14-,15?,16-,18+,19?/m1/s1. The molecule has 2 N–H and O–H groups in total. The second kappa shape index (κ2) is 5.60. The first-order valence-electron chi connectivity index (χ1n) is 8.40. The van der Waals surface area contributed by atoms with Gasteiger partial charge in [0.2, 0.25) is 0 Å². The molecule has 3 rings (SSSR count). The van der Waals surface area contributed by atoms with E-state index >= 15 is 0 Å². The van der Waals surface area contributed by atoms with Crippen molar-refractivity contribution < 1.29 is 19.7 Å². The molecule has 4 nitrogen and oxygen atoms in total. The average molecular weight is 318 g/mol. The summed E-state index contributed by atoms with van der Waals surface area (Å²) in [5.41, 5.74) is 0.494. The van der Waals surface area contributed by atoms with Crippen LogP contribution in [0.2, 0.25) is 0 Å². The molecule has 0 radical (unpaired) electrons. The molecule has 0 saturated heterocycles. The van der Waals surface area contributed by atoms with Crippen LogP contribution < -0.4 is 0 Å². The van der Waals surface area contributed by atoms with Gasteiger partial charge in [0, 0.05) is 5.92 Å². The number of allylic oxidation sites excluding steroid dienone is 2. The molecule has 2 unspecified atom stereocenters.